The normalized spacial score (nSPS) is 14.7. The van der Waals surface area contributed by atoms with Crippen molar-refractivity contribution in [1.29, 1.82) is 0 Å². The summed E-state index contributed by atoms with van der Waals surface area (Å²) < 4.78 is 10.8. The Kier molecular flexibility index (Phi) is 5.67. The average molecular weight is 378 g/mol. The van der Waals surface area contributed by atoms with Gasteiger partial charge in [0.25, 0.3) is 5.91 Å². The zero-order chi connectivity index (χ0) is 18.5. The maximum absolute atomic E-state index is 12.3. The zero-order valence-electron chi connectivity index (χ0n) is 13.7. The number of morpholine rings is 1. The Morgan fingerprint density at radius 3 is 2.54 bits per heavy atom. The molecule has 26 heavy (non-hydrogen) atoms. The van der Waals surface area contributed by atoms with Gasteiger partial charge in [-0.05, 0) is 36.4 Å². The molecule has 1 aliphatic rings. The summed E-state index contributed by atoms with van der Waals surface area (Å²) in [6, 6.07) is 10.5. The molecule has 1 aliphatic heterocycles. The second kappa shape index (κ2) is 8.13. The Labute approximate surface area is 154 Å². The van der Waals surface area contributed by atoms with Crippen molar-refractivity contribution < 1.29 is 19.2 Å². The molecular weight excluding hydrogens is 362 g/mol. The number of nitrogens with zero attached hydrogens (tertiary/aromatic N) is 2. The maximum Gasteiger partial charge on any atom is 0.312 e. The van der Waals surface area contributed by atoms with E-state index in [1.54, 1.807) is 29.3 Å². The van der Waals surface area contributed by atoms with Crippen molar-refractivity contribution in [3.05, 3.63) is 63.2 Å². The van der Waals surface area contributed by atoms with Crippen molar-refractivity contribution in [1.82, 2.24) is 10.4 Å². The van der Waals surface area contributed by atoms with Crippen LogP contribution in [0.4, 0.5) is 5.69 Å². The van der Waals surface area contributed by atoms with E-state index in [0.717, 1.165) is 0 Å². The van der Waals surface area contributed by atoms with E-state index in [9.17, 15) is 14.9 Å². The number of benzene rings is 2. The molecule has 8 nitrogen and oxygen atoms in total. The molecular formula is C17H16ClN3O5. The third-order valence-electron chi connectivity index (χ3n) is 3.73. The van der Waals surface area contributed by atoms with Gasteiger partial charge in [0, 0.05) is 29.7 Å². The summed E-state index contributed by atoms with van der Waals surface area (Å²) in [5.74, 6) is 0.0244. The summed E-state index contributed by atoms with van der Waals surface area (Å²) in [6.45, 7) is 2.17. The average Bonchev–Trinajstić information content (AvgIpc) is 2.64. The Hall–Kier alpha value is -2.68. The molecule has 2 aromatic rings. The first kappa shape index (κ1) is 18.1. The molecule has 0 saturated carbocycles. The van der Waals surface area contributed by atoms with E-state index in [1.165, 1.54) is 18.2 Å². The molecule has 1 N–H and O–H groups in total. The number of hydrogen-bond donors (Lipinski definition) is 1. The van der Waals surface area contributed by atoms with Crippen molar-refractivity contribution in [3.8, 4) is 11.5 Å². The van der Waals surface area contributed by atoms with Crippen LogP contribution in [0.3, 0.4) is 0 Å². The number of halogens is 1. The number of rotatable bonds is 5. The number of nitro benzene ring substituents is 1. The first-order chi connectivity index (χ1) is 12.5. The maximum atomic E-state index is 12.3. The molecule has 1 amide bonds. The monoisotopic (exact) mass is 377 g/mol. The number of ether oxygens (including phenoxy) is 2. The SMILES string of the molecule is O=C(NN1CCOCC1)c1ccc(Oc2ccc(Cl)cc2)c([N+](=O)[O-])c1. The van der Waals surface area contributed by atoms with Crippen LogP contribution in [0.5, 0.6) is 11.5 Å². The van der Waals surface area contributed by atoms with E-state index in [-0.39, 0.29) is 17.0 Å². The molecule has 2 aromatic carbocycles. The van der Waals surface area contributed by atoms with Gasteiger partial charge in [0.2, 0.25) is 5.75 Å². The van der Waals surface area contributed by atoms with Crippen LogP contribution in [-0.2, 0) is 4.74 Å². The van der Waals surface area contributed by atoms with E-state index in [2.05, 4.69) is 5.43 Å². The van der Waals surface area contributed by atoms with Gasteiger partial charge in [0.05, 0.1) is 18.1 Å². The predicted octanol–water partition coefficient (Wildman–Crippen LogP) is 3.02. The highest BCUT2D eigenvalue weighted by Crippen LogP contribution is 2.32. The van der Waals surface area contributed by atoms with E-state index < -0.39 is 10.8 Å². The predicted molar refractivity (Wildman–Crippen MR) is 94.5 cm³/mol. The molecule has 1 saturated heterocycles. The lowest BCUT2D eigenvalue weighted by Gasteiger charge is -2.26. The zero-order valence-corrected chi connectivity index (χ0v) is 14.4. The van der Waals surface area contributed by atoms with Gasteiger partial charge in [-0.3, -0.25) is 20.3 Å². The number of carbonyl (C=O) groups is 1. The fraction of sp³-hybridized carbons (Fsp3) is 0.235. The molecule has 0 atom stereocenters. The lowest BCUT2D eigenvalue weighted by atomic mass is 10.1. The molecule has 9 heteroatoms. The highest BCUT2D eigenvalue weighted by Gasteiger charge is 2.21. The summed E-state index contributed by atoms with van der Waals surface area (Å²) in [6.07, 6.45) is 0. The summed E-state index contributed by atoms with van der Waals surface area (Å²) in [5.41, 5.74) is 2.59. The fourth-order valence-electron chi connectivity index (χ4n) is 2.40. The second-order valence-corrected chi connectivity index (χ2v) is 5.97. The minimum absolute atomic E-state index is 0.0419. The number of hydrogen-bond acceptors (Lipinski definition) is 6. The minimum Gasteiger partial charge on any atom is -0.450 e. The standard InChI is InChI=1S/C17H16ClN3O5/c18-13-2-4-14(5-3-13)26-16-6-1-12(11-15(16)21(23)24)17(22)19-20-7-9-25-10-8-20/h1-6,11H,7-10H2,(H,19,22). The van der Waals surface area contributed by atoms with Crippen LogP contribution < -0.4 is 10.2 Å². The van der Waals surface area contributed by atoms with Gasteiger partial charge in [-0.2, -0.15) is 0 Å². The molecule has 0 aliphatic carbocycles. The Morgan fingerprint density at radius 1 is 1.19 bits per heavy atom. The molecule has 0 radical (unpaired) electrons. The van der Waals surface area contributed by atoms with Crippen LogP contribution in [0.25, 0.3) is 0 Å². The van der Waals surface area contributed by atoms with Gasteiger partial charge in [0.15, 0.2) is 0 Å². The summed E-state index contributed by atoms with van der Waals surface area (Å²) in [4.78, 5) is 23.1. The van der Waals surface area contributed by atoms with Gasteiger partial charge >= 0.3 is 5.69 Å². The van der Waals surface area contributed by atoms with Gasteiger partial charge in [0.1, 0.15) is 5.75 Å². The van der Waals surface area contributed by atoms with Gasteiger partial charge in [-0.1, -0.05) is 11.6 Å². The van der Waals surface area contributed by atoms with Crippen LogP contribution >= 0.6 is 11.6 Å². The molecule has 1 fully saturated rings. The molecule has 136 valence electrons. The number of hydrazine groups is 1. The number of carbonyl (C=O) groups excluding carboxylic acids is 1. The van der Waals surface area contributed by atoms with E-state index >= 15 is 0 Å². The summed E-state index contributed by atoms with van der Waals surface area (Å²) in [7, 11) is 0. The fourth-order valence-corrected chi connectivity index (χ4v) is 2.53. The van der Waals surface area contributed by atoms with Crippen molar-refractivity contribution in [3.63, 3.8) is 0 Å². The first-order valence-corrected chi connectivity index (χ1v) is 8.26. The van der Waals surface area contributed by atoms with Crippen LogP contribution in [0.15, 0.2) is 42.5 Å². The highest BCUT2D eigenvalue weighted by molar-refractivity contribution is 6.30. The van der Waals surface area contributed by atoms with Crippen LogP contribution in [0, 0.1) is 10.1 Å². The van der Waals surface area contributed by atoms with Crippen LogP contribution in [0.2, 0.25) is 5.02 Å². The molecule has 1 heterocycles. The van der Waals surface area contributed by atoms with Gasteiger partial charge in [-0.25, -0.2) is 5.01 Å². The lowest BCUT2D eigenvalue weighted by Crippen LogP contribution is -2.48. The van der Waals surface area contributed by atoms with Crippen molar-refractivity contribution >= 4 is 23.2 Å². The van der Waals surface area contributed by atoms with Crippen molar-refractivity contribution in [2.75, 3.05) is 26.3 Å². The van der Waals surface area contributed by atoms with E-state index in [0.29, 0.717) is 37.1 Å². The Morgan fingerprint density at radius 2 is 1.88 bits per heavy atom. The van der Waals surface area contributed by atoms with E-state index in [1.807, 2.05) is 0 Å². The Bertz CT molecular complexity index is 807. The number of amides is 1. The number of nitrogens with one attached hydrogen (secondary N) is 1. The lowest BCUT2D eigenvalue weighted by molar-refractivity contribution is -0.385. The number of nitro groups is 1. The second-order valence-electron chi connectivity index (χ2n) is 5.54. The topological polar surface area (TPSA) is 93.9 Å². The van der Waals surface area contributed by atoms with Crippen LogP contribution in [0.1, 0.15) is 10.4 Å². The van der Waals surface area contributed by atoms with Crippen molar-refractivity contribution in [2.45, 2.75) is 0 Å². The molecule has 0 spiro atoms. The summed E-state index contributed by atoms with van der Waals surface area (Å²) >= 11 is 5.81. The molecule has 0 bridgehead atoms. The summed E-state index contributed by atoms with van der Waals surface area (Å²) in [5, 5.41) is 13.6. The Balaban J connectivity index is 1.78. The largest absolute Gasteiger partial charge is 0.450 e. The quantitative estimate of drug-likeness (QED) is 0.635. The van der Waals surface area contributed by atoms with E-state index in [4.69, 9.17) is 21.1 Å². The molecule has 0 unspecified atom stereocenters. The third-order valence-corrected chi connectivity index (χ3v) is 3.98. The van der Waals surface area contributed by atoms with Gasteiger partial charge < -0.3 is 9.47 Å². The van der Waals surface area contributed by atoms with Gasteiger partial charge in [-0.15, -0.1) is 0 Å². The molecule has 3 rings (SSSR count). The smallest absolute Gasteiger partial charge is 0.312 e. The third kappa shape index (κ3) is 4.48. The highest BCUT2D eigenvalue weighted by atomic mass is 35.5. The van der Waals surface area contributed by atoms with Crippen molar-refractivity contribution in [2.24, 2.45) is 0 Å². The first-order valence-electron chi connectivity index (χ1n) is 7.88. The minimum atomic E-state index is -0.587. The van der Waals surface area contributed by atoms with Crippen LogP contribution in [-0.4, -0.2) is 42.1 Å². The molecule has 0 aromatic heterocycles.